The van der Waals surface area contributed by atoms with Gasteiger partial charge in [-0.25, -0.2) is 23.5 Å². The molecule has 30 heavy (non-hydrogen) atoms. The second kappa shape index (κ2) is 7.33. The summed E-state index contributed by atoms with van der Waals surface area (Å²) in [5.74, 6) is -1.32. The van der Waals surface area contributed by atoms with Crippen LogP contribution in [0.1, 0.15) is 54.0 Å². The van der Waals surface area contributed by atoms with Crippen molar-refractivity contribution in [3.8, 4) is 0 Å². The molecular weight excluding hydrogens is 434 g/mol. The Balaban J connectivity index is 1.70. The Morgan fingerprint density at radius 3 is 2.20 bits per heavy atom. The third kappa shape index (κ3) is 3.64. The van der Waals surface area contributed by atoms with Crippen molar-refractivity contribution in [1.82, 2.24) is 4.98 Å². The van der Waals surface area contributed by atoms with Gasteiger partial charge in [-0.2, -0.15) is 4.39 Å². The summed E-state index contributed by atoms with van der Waals surface area (Å²) >= 11 is 0.604. The van der Waals surface area contributed by atoms with E-state index in [9.17, 15) is 22.9 Å². The minimum atomic E-state index is -3.93. The van der Waals surface area contributed by atoms with Crippen LogP contribution in [-0.2, 0) is 41.2 Å². The zero-order chi connectivity index (χ0) is 21.8. The first-order valence-electron chi connectivity index (χ1n) is 9.59. The minimum absolute atomic E-state index is 0.0297. The van der Waals surface area contributed by atoms with Gasteiger partial charge in [0.1, 0.15) is 16.4 Å². The van der Waals surface area contributed by atoms with E-state index in [1.165, 1.54) is 13.8 Å². The van der Waals surface area contributed by atoms with E-state index < -0.39 is 31.7 Å². The largest absolute Gasteiger partial charge is 0.383 e. The van der Waals surface area contributed by atoms with Gasteiger partial charge in [-0.15, -0.1) is 15.7 Å². The normalized spacial score (nSPS) is 17.4. The SMILES string of the molecule is CC(C)(O)c1nc(F)c([S@](N)(=O)=NC(=O)Nc2c3c(c(F)c4c2CCC4)CCC3)s1. The number of nitrogens with two attached hydrogens (primary N) is 1. The van der Waals surface area contributed by atoms with E-state index in [1.54, 1.807) is 0 Å². The van der Waals surface area contributed by atoms with Gasteiger partial charge in [-0.3, -0.25) is 0 Å². The third-order valence-corrected chi connectivity index (χ3v) is 8.61. The molecule has 0 radical (unpaired) electrons. The summed E-state index contributed by atoms with van der Waals surface area (Å²) in [7, 11) is -3.93. The first-order chi connectivity index (χ1) is 14.0. The van der Waals surface area contributed by atoms with Crippen LogP contribution >= 0.6 is 11.3 Å². The maximum atomic E-state index is 14.8. The lowest BCUT2D eigenvalue weighted by Crippen LogP contribution is -2.19. The van der Waals surface area contributed by atoms with Gasteiger partial charge in [0.2, 0.25) is 5.95 Å². The molecule has 1 aromatic carbocycles. The Bertz CT molecular complexity index is 1140. The molecule has 7 nitrogen and oxygen atoms in total. The maximum absolute atomic E-state index is 14.8. The highest BCUT2D eigenvalue weighted by atomic mass is 32.2. The standard InChI is InChI=1S/C19H22F2N4O3S2/c1-19(2,27)17-24-15(21)16(29-17)30(22,28)25-18(26)23-14-11-7-3-5-9(11)13(20)10-6-4-8-12(10)14/h27H,3-8H2,1-2H3,(H3,22,23,25,26,28)/t30-/m1/s1. The zero-order valence-corrected chi connectivity index (χ0v) is 18.2. The molecule has 1 atom stereocenters. The number of benzene rings is 1. The number of urea groups is 1. The fourth-order valence-corrected chi connectivity index (χ4v) is 6.23. The van der Waals surface area contributed by atoms with E-state index in [0.29, 0.717) is 53.8 Å². The average Bonchev–Trinajstić information content (AvgIpc) is 3.36. The van der Waals surface area contributed by atoms with Gasteiger partial charge in [0.25, 0.3) is 0 Å². The molecule has 2 aliphatic rings. The van der Waals surface area contributed by atoms with Crippen molar-refractivity contribution in [2.45, 2.75) is 62.2 Å². The summed E-state index contributed by atoms with van der Waals surface area (Å²) in [5.41, 5.74) is 1.77. The molecule has 11 heteroatoms. The van der Waals surface area contributed by atoms with Gasteiger partial charge in [-0.05, 0) is 74.6 Å². The number of amides is 2. The van der Waals surface area contributed by atoms with Crippen LogP contribution in [0.3, 0.4) is 0 Å². The number of carbonyl (C=O) groups excluding carboxylic acids is 1. The van der Waals surface area contributed by atoms with Gasteiger partial charge >= 0.3 is 6.03 Å². The second-order valence-electron chi connectivity index (χ2n) is 8.06. The monoisotopic (exact) mass is 456 g/mol. The smallest absolute Gasteiger partial charge is 0.354 e. The number of nitrogens with zero attached hydrogens (tertiary/aromatic N) is 2. The number of hydrogen-bond acceptors (Lipinski definition) is 5. The van der Waals surface area contributed by atoms with Crippen LogP contribution in [0, 0.1) is 11.8 Å². The molecule has 0 bridgehead atoms. The molecule has 1 aromatic heterocycles. The van der Waals surface area contributed by atoms with Crippen LogP contribution in [-0.4, -0.2) is 20.3 Å². The highest BCUT2D eigenvalue weighted by Gasteiger charge is 2.31. The number of nitrogens with one attached hydrogen (secondary N) is 1. The number of aliphatic hydroxyl groups is 1. The Labute approximate surface area is 177 Å². The molecule has 0 saturated carbocycles. The highest BCUT2D eigenvalue weighted by molar-refractivity contribution is 7.93. The predicted molar refractivity (Wildman–Crippen MR) is 110 cm³/mol. The van der Waals surface area contributed by atoms with E-state index in [4.69, 9.17) is 5.14 Å². The first kappa shape index (κ1) is 21.3. The number of aromatic nitrogens is 1. The Hall–Kier alpha value is -1.95. The van der Waals surface area contributed by atoms with Gasteiger partial charge in [0.15, 0.2) is 14.1 Å². The number of anilines is 1. The van der Waals surface area contributed by atoms with Crippen molar-refractivity contribution in [1.29, 1.82) is 0 Å². The first-order valence-corrected chi connectivity index (χ1v) is 12.0. The van der Waals surface area contributed by atoms with Gasteiger partial charge in [0.05, 0.1) is 0 Å². The molecule has 2 aliphatic carbocycles. The fraction of sp³-hybridized carbons (Fsp3) is 0.474. The lowest BCUT2D eigenvalue weighted by Gasteiger charge is -2.16. The number of thiazole rings is 1. The summed E-state index contributed by atoms with van der Waals surface area (Å²) in [6.07, 6.45) is 4.04. The van der Waals surface area contributed by atoms with Crippen LogP contribution in [0.2, 0.25) is 0 Å². The predicted octanol–water partition coefficient (Wildman–Crippen LogP) is 3.56. The highest BCUT2D eigenvalue weighted by Crippen LogP contribution is 2.41. The molecule has 0 fully saturated rings. The van der Waals surface area contributed by atoms with E-state index in [-0.39, 0.29) is 10.8 Å². The number of carbonyl (C=O) groups is 1. The lowest BCUT2D eigenvalue weighted by molar-refractivity contribution is 0.0776. The number of hydrogen-bond donors (Lipinski definition) is 3. The molecule has 162 valence electrons. The zero-order valence-electron chi connectivity index (χ0n) is 16.6. The van der Waals surface area contributed by atoms with E-state index in [1.807, 2.05) is 0 Å². The summed E-state index contributed by atoms with van der Waals surface area (Å²) in [5, 5.41) is 18.3. The molecule has 0 aliphatic heterocycles. The quantitative estimate of drug-likeness (QED) is 0.654. The number of rotatable bonds is 3. The molecular formula is C19H22F2N4O3S2. The van der Waals surface area contributed by atoms with Crippen molar-refractivity contribution in [2.24, 2.45) is 9.50 Å². The average molecular weight is 457 g/mol. The maximum Gasteiger partial charge on any atom is 0.354 e. The molecule has 0 unspecified atom stereocenters. The molecule has 4 N–H and O–H groups in total. The van der Waals surface area contributed by atoms with Crippen LogP contribution in [0.5, 0.6) is 0 Å². The Kier molecular flexibility index (Phi) is 5.20. The summed E-state index contributed by atoms with van der Waals surface area (Å²) in [6.45, 7) is 2.79. The van der Waals surface area contributed by atoms with E-state index in [0.717, 1.165) is 24.0 Å². The molecule has 1 heterocycles. The van der Waals surface area contributed by atoms with Gasteiger partial charge in [-0.1, -0.05) is 0 Å². The van der Waals surface area contributed by atoms with E-state index in [2.05, 4.69) is 14.7 Å². The van der Waals surface area contributed by atoms with Crippen LogP contribution in [0.25, 0.3) is 0 Å². The van der Waals surface area contributed by atoms with Crippen molar-refractivity contribution >= 4 is 33.0 Å². The second-order valence-corrected chi connectivity index (χ2v) is 11.0. The summed E-state index contributed by atoms with van der Waals surface area (Å²) < 4.78 is 44.8. The van der Waals surface area contributed by atoms with E-state index >= 15 is 0 Å². The molecule has 2 amide bonds. The van der Waals surface area contributed by atoms with Crippen molar-refractivity contribution in [3.05, 3.63) is 39.0 Å². The van der Waals surface area contributed by atoms with Crippen LogP contribution < -0.4 is 10.5 Å². The lowest BCUT2D eigenvalue weighted by atomic mass is 9.98. The van der Waals surface area contributed by atoms with Crippen LogP contribution in [0.4, 0.5) is 19.3 Å². The van der Waals surface area contributed by atoms with Crippen molar-refractivity contribution in [2.75, 3.05) is 5.32 Å². The van der Waals surface area contributed by atoms with Crippen molar-refractivity contribution in [3.63, 3.8) is 0 Å². The molecule has 0 spiro atoms. The van der Waals surface area contributed by atoms with Gasteiger partial charge < -0.3 is 10.4 Å². The minimum Gasteiger partial charge on any atom is -0.383 e. The topological polar surface area (TPSA) is 118 Å². The fourth-order valence-electron chi connectivity index (χ4n) is 4.06. The number of fused-ring (bicyclic) bond motifs is 2. The summed E-state index contributed by atoms with van der Waals surface area (Å²) in [4.78, 5) is 16.1. The molecule has 2 aromatic rings. The summed E-state index contributed by atoms with van der Waals surface area (Å²) in [6, 6.07) is -0.991. The van der Waals surface area contributed by atoms with Gasteiger partial charge in [0, 0.05) is 5.69 Å². The molecule has 4 rings (SSSR count). The number of halogens is 2. The third-order valence-electron chi connectivity index (χ3n) is 5.37. The van der Waals surface area contributed by atoms with Crippen molar-refractivity contribution < 1.29 is 22.9 Å². The Morgan fingerprint density at radius 2 is 1.70 bits per heavy atom. The molecule has 0 saturated heterocycles. The van der Waals surface area contributed by atoms with Crippen LogP contribution in [0.15, 0.2) is 8.57 Å². The Morgan fingerprint density at radius 1 is 1.17 bits per heavy atom.